The molecule has 1 fully saturated rings. The van der Waals surface area contributed by atoms with Gasteiger partial charge in [0.1, 0.15) is 0 Å². The van der Waals surface area contributed by atoms with Crippen molar-refractivity contribution in [3.63, 3.8) is 0 Å². The Kier molecular flexibility index (Phi) is 3.66. The van der Waals surface area contributed by atoms with Gasteiger partial charge in [0.25, 0.3) is 0 Å². The second-order valence-corrected chi connectivity index (χ2v) is 5.31. The van der Waals surface area contributed by atoms with Gasteiger partial charge in [0.05, 0.1) is 11.9 Å². The minimum absolute atomic E-state index is 0.133. The Morgan fingerprint density at radius 3 is 2.77 bits per heavy atom. The first-order chi connectivity index (χ1) is 6.10. The lowest BCUT2D eigenvalue weighted by Crippen LogP contribution is -2.32. The van der Waals surface area contributed by atoms with E-state index >= 15 is 0 Å². The van der Waals surface area contributed by atoms with Gasteiger partial charge in [-0.1, -0.05) is 6.92 Å². The second kappa shape index (κ2) is 4.36. The van der Waals surface area contributed by atoms with E-state index in [9.17, 15) is 8.42 Å². The topological polar surface area (TPSA) is 72.6 Å². The van der Waals surface area contributed by atoms with E-state index in [4.69, 9.17) is 5.90 Å². The van der Waals surface area contributed by atoms with Crippen LogP contribution in [0.3, 0.4) is 0 Å². The summed E-state index contributed by atoms with van der Waals surface area (Å²) >= 11 is 0. The lowest BCUT2D eigenvalue weighted by Gasteiger charge is -2.14. The van der Waals surface area contributed by atoms with Gasteiger partial charge >= 0.3 is 0 Å². The highest BCUT2D eigenvalue weighted by Gasteiger charge is 2.30. The summed E-state index contributed by atoms with van der Waals surface area (Å²) in [6.07, 6.45) is 1.21. The smallest absolute Gasteiger partial charge is 0.214 e. The van der Waals surface area contributed by atoms with Crippen molar-refractivity contribution in [3.05, 3.63) is 0 Å². The normalized spacial score (nSPS) is 25.2. The minimum atomic E-state index is -3.06. The van der Waals surface area contributed by atoms with Crippen LogP contribution in [0.4, 0.5) is 0 Å². The minimum Gasteiger partial charge on any atom is -0.300 e. The maximum absolute atomic E-state index is 11.5. The maximum Gasteiger partial charge on any atom is 0.214 e. The Hall–Kier alpha value is -0.170. The summed E-state index contributed by atoms with van der Waals surface area (Å²) in [4.78, 5) is 4.61. The Morgan fingerprint density at radius 2 is 2.31 bits per heavy atom. The van der Waals surface area contributed by atoms with E-state index in [1.165, 1.54) is 4.31 Å². The number of nitrogens with two attached hydrogens (primary N) is 1. The van der Waals surface area contributed by atoms with Gasteiger partial charge in [0.2, 0.25) is 10.0 Å². The van der Waals surface area contributed by atoms with Crippen LogP contribution < -0.4 is 5.90 Å². The molecule has 0 aromatic carbocycles. The first-order valence-electron chi connectivity index (χ1n) is 4.43. The average Bonchev–Trinajstić information content (AvgIpc) is 2.52. The van der Waals surface area contributed by atoms with E-state index in [1.54, 1.807) is 0 Å². The third-order valence-corrected chi connectivity index (χ3v) is 4.20. The molecule has 1 saturated heterocycles. The van der Waals surface area contributed by atoms with Gasteiger partial charge in [-0.25, -0.2) is 14.3 Å². The third-order valence-electron chi connectivity index (χ3n) is 2.16. The van der Waals surface area contributed by atoms with E-state index in [-0.39, 0.29) is 11.9 Å². The zero-order valence-electron chi connectivity index (χ0n) is 7.77. The third kappa shape index (κ3) is 2.63. The lowest BCUT2D eigenvalue weighted by atomic mass is 10.3. The van der Waals surface area contributed by atoms with Gasteiger partial charge in [-0.2, -0.15) is 4.31 Å². The van der Waals surface area contributed by atoms with Gasteiger partial charge in [0, 0.05) is 13.1 Å². The first-order valence-corrected chi connectivity index (χ1v) is 6.04. The van der Waals surface area contributed by atoms with E-state index in [2.05, 4.69) is 4.84 Å². The fourth-order valence-corrected chi connectivity index (χ4v) is 3.00. The summed E-state index contributed by atoms with van der Waals surface area (Å²) in [6, 6.07) is 0. The Bertz CT molecular complexity index is 252. The molecule has 1 aliphatic heterocycles. The van der Waals surface area contributed by atoms with Crippen LogP contribution in [0.25, 0.3) is 0 Å². The summed E-state index contributed by atoms with van der Waals surface area (Å²) in [5.74, 6) is 5.20. The molecule has 0 amide bonds. The zero-order chi connectivity index (χ0) is 9.90. The molecule has 0 aliphatic carbocycles. The molecule has 0 saturated carbocycles. The van der Waals surface area contributed by atoms with E-state index in [0.717, 1.165) is 0 Å². The molecule has 0 bridgehead atoms. The molecule has 0 aromatic rings. The standard InChI is InChI=1S/C7H16N2O3S/c1-2-5-13(10,11)9-4-3-7(6-9)12-8/h7H,2-6,8H2,1H3. The zero-order valence-corrected chi connectivity index (χ0v) is 8.59. The first kappa shape index (κ1) is 10.9. The summed E-state index contributed by atoms with van der Waals surface area (Å²) in [5, 5.41) is 0. The monoisotopic (exact) mass is 208 g/mol. The molecule has 78 valence electrons. The highest BCUT2D eigenvalue weighted by molar-refractivity contribution is 7.89. The number of hydrogen-bond acceptors (Lipinski definition) is 4. The van der Waals surface area contributed by atoms with Gasteiger partial charge in [-0.15, -0.1) is 0 Å². The van der Waals surface area contributed by atoms with Crippen molar-refractivity contribution in [3.8, 4) is 0 Å². The van der Waals surface area contributed by atoms with E-state index in [1.807, 2.05) is 6.92 Å². The van der Waals surface area contributed by atoms with Crippen molar-refractivity contribution in [2.45, 2.75) is 25.9 Å². The highest BCUT2D eigenvalue weighted by Crippen LogP contribution is 2.15. The quantitative estimate of drug-likeness (QED) is 0.643. The number of hydrogen-bond donors (Lipinski definition) is 1. The predicted molar refractivity (Wildman–Crippen MR) is 49.3 cm³/mol. The second-order valence-electron chi connectivity index (χ2n) is 3.22. The molecule has 0 aromatic heterocycles. The van der Waals surface area contributed by atoms with Crippen LogP contribution in [0.1, 0.15) is 19.8 Å². The fourth-order valence-electron chi connectivity index (χ4n) is 1.45. The summed E-state index contributed by atoms with van der Waals surface area (Å²) < 4.78 is 24.5. The molecule has 1 unspecified atom stereocenters. The summed E-state index contributed by atoms with van der Waals surface area (Å²) in [6.45, 7) is 2.79. The molecule has 0 spiro atoms. The van der Waals surface area contributed by atoms with Crippen LogP contribution >= 0.6 is 0 Å². The van der Waals surface area contributed by atoms with E-state index < -0.39 is 10.0 Å². The Morgan fingerprint density at radius 1 is 1.62 bits per heavy atom. The van der Waals surface area contributed by atoms with Crippen molar-refractivity contribution < 1.29 is 13.3 Å². The number of nitrogens with zero attached hydrogens (tertiary/aromatic N) is 1. The van der Waals surface area contributed by atoms with Crippen LogP contribution in [0, 0.1) is 0 Å². The van der Waals surface area contributed by atoms with Gasteiger partial charge in [0.15, 0.2) is 0 Å². The molecular weight excluding hydrogens is 192 g/mol. The maximum atomic E-state index is 11.5. The Balaban J connectivity index is 2.55. The van der Waals surface area contributed by atoms with Gasteiger partial charge in [-0.05, 0) is 12.8 Å². The molecule has 1 atom stereocenters. The largest absolute Gasteiger partial charge is 0.300 e. The SMILES string of the molecule is CCCS(=O)(=O)N1CCC(ON)C1. The number of rotatable bonds is 4. The molecule has 13 heavy (non-hydrogen) atoms. The molecule has 1 rings (SSSR count). The molecule has 2 N–H and O–H groups in total. The van der Waals surface area contributed by atoms with Crippen molar-refractivity contribution in [2.75, 3.05) is 18.8 Å². The van der Waals surface area contributed by atoms with Crippen LogP contribution in [0.2, 0.25) is 0 Å². The number of sulfonamides is 1. The van der Waals surface area contributed by atoms with Crippen molar-refractivity contribution in [2.24, 2.45) is 5.90 Å². The van der Waals surface area contributed by atoms with Crippen LogP contribution in [0.5, 0.6) is 0 Å². The summed E-state index contributed by atoms with van der Waals surface area (Å²) in [5.41, 5.74) is 0. The van der Waals surface area contributed by atoms with Crippen molar-refractivity contribution in [1.82, 2.24) is 4.31 Å². The van der Waals surface area contributed by atoms with Crippen LogP contribution in [0.15, 0.2) is 0 Å². The lowest BCUT2D eigenvalue weighted by molar-refractivity contribution is 0.0642. The highest BCUT2D eigenvalue weighted by atomic mass is 32.2. The van der Waals surface area contributed by atoms with Gasteiger partial charge in [-0.3, -0.25) is 4.84 Å². The molecular formula is C7H16N2O3S. The van der Waals surface area contributed by atoms with Crippen molar-refractivity contribution in [1.29, 1.82) is 0 Å². The van der Waals surface area contributed by atoms with Crippen LogP contribution in [-0.4, -0.2) is 37.7 Å². The van der Waals surface area contributed by atoms with Crippen LogP contribution in [-0.2, 0) is 14.9 Å². The summed E-state index contributed by atoms with van der Waals surface area (Å²) in [7, 11) is -3.06. The Labute approximate surface area is 78.9 Å². The predicted octanol–water partition coefficient (Wildman–Crippen LogP) is -0.309. The fraction of sp³-hybridized carbons (Fsp3) is 1.00. The molecule has 1 heterocycles. The van der Waals surface area contributed by atoms with Crippen molar-refractivity contribution >= 4 is 10.0 Å². The van der Waals surface area contributed by atoms with E-state index in [0.29, 0.717) is 25.9 Å². The molecule has 6 heteroatoms. The average molecular weight is 208 g/mol. The molecule has 1 aliphatic rings. The van der Waals surface area contributed by atoms with Gasteiger partial charge < -0.3 is 0 Å². The molecule has 5 nitrogen and oxygen atoms in total. The molecule has 0 radical (unpaired) electrons.